The van der Waals surface area contributed by atoms with Crippen LogP contribution in [-0.2, 0) is 4.79 Å². The van der Waals surface area contributed by atoms with Crippen LogP contribution in [0.25, 0.3) is 0 Å². The second-order valence-corrected chi connectivity index (χ2v) is 8.10. The largest absolute Gasteiger partial charge is 0.495 e. The number of nitrogens with one attached hydrogen (secondary N) is 1. The lowest BCUT2D eigenvalue weighted by Crippen LogP contribution is -2.50. The molecule has 1 aliphatic carbocycles. The average Bonchev–Trinajstić information content (AvgIpc) is 3.26. The molecule has 2 atom stereocenters. The summed E-state index contributed by atoms with van der Waals surface area (Å²) in [6.07, 6.45) is 4.51. The van der Waals surface area contributed by atoms with Crippen molar-refractivity contribution in [1.82, 2.24) is 4.98 Å². The monoisotopic (exact) mass is 409 g/mol. The van der Waals surface area contributed by atoms with Gasteiger partial charge in [0, 0.05) is 17.5 Å². The zero-order valence-corrected chi connectivity index (χ0v) is 17.5. The molecule has 0 saturated heterocycles. The molecule has 0 spiro atoms. The van der Waals surface area contributed by atoms with Gasteiger partial charge in [-0.2, -0.15) is 0 Å². The van der Waals surface area contributed by atoms with Gasteiger partial charge in [0.25, 0.3) is 0 Å². The number of carboxylic acids is 1. The third kappa shape index (κ3) is 3.49. The smallest absolute Gasteiger partial charge is 0.335 e. The fourth-order valence-corrected chi connectivity index (χ4v) is 4.65. The summed E-state index contributed by atoms with van der Waals surface area (Å²) in [6.45, 7) is 3.93. The Morgan fingerprint density at radius 3 is 2.60 bits per heavy atom. The van der Waals surface area contributed by atoms with Crippen molar-refractivity contribution in [1.29, 1.82) is 0 Å². The van der Waals surface area contributed by atoms with E-state index in [9.17, 15) is 14.7 Å². The number of carbonyl (C=O) groups excluding carboxylic acids is 1. The minimum absolute atomic E-state index is 0.157. The summed E-state index contributed by atoms with van der Waals surface area (Å²) in [4.78, 5) is 31.2. The molecule has 7 nitrogen and oxygen atoms in total. The second kappa shape index (κ2) is 7.97. The molecule has 0 bridgehead atoms. The van der Waals surface area contributed by atoms with Crippen LogP contribution >= 0.6 is 0 Å². The number of fused-ring (bicyclic) bond motifs is 1. The fraction of sp³-hybridized carbons (Fsp3) is 0.435. The SMILES string of the molecule is COc1cc(C(=O)O)ccc1Nc1ccc2c(n1)N(C1CCCC1)[C@H](C)C(=O)C2C. The number of ketones is 1. The number of anilines is 3. The molecule has 1 aliphatic heterocycles. The van der Waals surface area contributed by atoms with Crippen molar-refractivity contribution in [3.05, 3.63) is 41.5 Å². The van der Waals surface area contributed by atoms with E-state index < -0.39 is 5.97 Å². The first-order chi connectivity index (χ1) is 14.4. The highest BCUT2D eigenvalue weighted by Gasteiger charge is 2.40. The predicted octanol–water partition coefficient (Wildman–Crippen LogP) is 4.36. The highest BCUT2D eigenvalue weighted by atomic mass is 16.5. The van der Waals surface area contributed by atoms with Crippen molar-refractivity contribution in [2.45, 2.75) is 57.5 Å². The standard InChI is InChI=1S/C23H27N3O4/c1-13-17-9-11-20(24-18-10-8-15(23(28)29)12-19(18)30-3)25-22(17)26(14(2)21(13)27)16-6-4-5-7-16/h8-14,16H,4-7H2,1-3H3,(H,24,25)(H,28,29)/t13?,14-/m1/s1. The molecule has 1 aromatic heterocycles. The number of aromatic carboxylic acids is 1. The molecule has 2 N–H and O–H groups in total. The molecule has 2 heterocycles. The van der Waals surface area contributed by atoms with E-state index in [-0.39, 0.29) is 23.3 Å². The van der Waals surface area contributed by atoms with Crippen molar-refractivity contribution in [2.24, 2.45) is 0 Å². The molecule has 158 valence electrons. The van der Waals surface area contributed by atoms with Gasteiger partial charge in [0.05, 0.1) is 24.4 Å². The van der Waals surface area contributed by atoms with E-state index in [4.69, 9.17) is 9.72 Å². The van der Waals surface area contributed by atoms with Crippen LogP contribution in [0, 0.1) is 0 Å². The molecule has 2 aliphatic rings. The van der Waals surface area contributed by atoms with Gasteiger partial charge in [-0.3, -0.25) is 4.79 Å². The zero-order valence-electron chi connectivity index (χ0n) is 17.5. The number of pyridine rings is 1. The van der Waals surface area contributed by atoms with Gasteiger partial charge in [-0.05, 0) is 44.0 Å². The summed E-state index contributed by atoms with van der Waals surface area (Å²) in [5.74, 6) is 0.978. The molecular weight excluding hydrogens is 382 g/mol. The van der Waals surface area contributed by atoms with E-state index in [0.29, 0.717) is 23.3 Å². The minimum atomic E-state index is -1.01. The molecule has 7 heteroatoms. The topological polar surface area (TPSA) is 91.8 Å². The van der Waals surface area contributed by atoms with E-state index in [1.165, 1.54) is 32.1 Å². The number of methoxy groups -OCH3 is 1. The summed E-state index contributed by atoms with van der Waals surface area (Å²) < 4.78 is 5.36. The summed E-state index contributed by atoms with van der Waals surface area (Å²) in [5, 5.41) is 12.5. The molecule has 1 fully saturated rings. The van der Waals surface area contributed by atoms with Crippen molar-refractivity contribution in [2.75, 3.05) is 17.3 Å². The van der Waals surface area contributed by atoms with Gasteiger partial charge in [-0.25, -0.2) is 9.78 Å². The van der Waals surface area contributed by atoms with Crippen LogP contribution in [0.4, 0.5) is 17.3 Å². The first-order valence-corrected chi connectivity index (χ1v) is 10.4. The fourth-order valence-electron chi connectivity index (χ4n) is 4.65. The number of hydrogen-bond acceptors (Lipinski definition) is 6. The second-order valence-electron chi connectivity index (χ2n) is 8.10. The molecule has 1 unspecified atom stereocenters. The average molecular weight is 409 g/mol. The number of carbonyl (C=O) groups is 2. The Labute approximate surface area is 176 Å². The van der Waals surface area contributed by atoms with Crippen LogP contribution in [-0.4, -0.2) is 41.0 Å². The van der Waals surface area contributed by atoms with Gasteiger partial charge in [0.1, 0.15) is 17.4 Å². The third-order valence-corrected chi connectivity index (χ3v) is 6.30. The number of rotatable bonds is 5. The maximum Gasteiger partial charge on any atom is 0.335 e. The van der Waals surface area contributed by atoms with E-state index >= 15 is 0 Å². The first kappa shape index (κ1) is 20.2. The lowest BCUT2D eigenvalue weighted by molar-refractivity contribution is -0.121. The number of ether oxygens (including phenoxy) is 1. The molecule has 0 amide bonds. The highest BCUT2D eigenvalue weighted by Crippen LogP contribution is 2.40. The Morgan fingerprint density at radius 1 is 1.20 bits per heavy atom. The van der Waals surface area contributed by atoms with E-state index in [2.05, 4.69) is 10.2 Å². The van der Waals surface area contributed by atoms with Crippen LogP contribution < -0.4 is 15.0 Å². The van der Waals surface area contributed by atoms with E-state index in [0.717, 1.165) is 24.2 Å². The Hall–Kier alpha value is -3.09. The number of Topliss-reactive ketones (excluding diaryl/α,β-unsaturated/α-hetero) is 1. The Kier molecular flexibility index (Phi) is 5.37. The maximum absolute atomic E-state index is 12.9. The molecule has 4 rings (SSSR count). The summed E-state index contributed by atoms with van der Waals surface area (Å²) in [6, 6.07) is 8.66. The van der Waals surface area contributed by atoms with Crippen molar-refractivity contribution < 1.29 is 19.4 Å². The van der Waals surface area contributed by atoms with Gasteiger partial charge < -0.3 is 20.1 Å². The quantitative estimate of drug-likeness (QED) is 0.758. The molecule has 2 aromatic rings. The number of carboxylic acid groups (broad SMARTS) is 1. The van der Waals surface area contributed by atoms with Crippen LogP contribution in [0.3, 0.4) is 0 Å². The van der Waals surface area contributed by atoms with Gasteiger partial charge >= 0.3 is 5.97 Å². The van der Waals surface area contributed by atoms with E-state index in [1.807, 2.05) is 26.0 Å². The molecule has 1 saturated carbocycles. The van der Waals surface area contributed by atoms with Gasteiger partial charge in [-0.1, -0.05) is 25.8 Å². The van der Waals surface area contributed by atoms with Crippen LogP contribution in [0.2, 0.25) is 0 Å². The normalized spacial score (nSPS) is 21.4. The van der Waals surface area contributed by atoms with Gasteiger partial charge in [0.2, 0.25) is 0 Å². The highest BCUT2D eigenvalue weighted by molar-refractivity contribution is 5.96. The lowest BCUT2D eigenvalue weighted by Gasteiger charge is -2.41. The molecule has 1 aromatic carbocycles. The minimum Gasteiger partial charge on any atom is -0.495 e. The molecule has 30 heavy (non-hydrogen) atoms. The summed E-state index contributed by atoms with van der Waals surface area (Å²) in [5.41, 5.74) is 1.75. The predicted molar refractivity (Wildman–Crippen MR) is 115 cm³/mol. The Morgan fingerprint density at radius 2 is 1.93 bits per heavy atom. The first-order valence-electron chi connectivity index (χ1n) is 10.4. The number of aromatic nitrogens is 1. The van der Waals surface area contributed by atoms with Crippen molar-refractivity contribution in [3.63, 3.8) is 0 Å². The van der Waals surface area contributed by atoms with E-state index in [1.54, 1.807) is 6.07 Å². The number of nitrogens with zero attached hydrogens (tertiary/aromatic N) is 2. The third-order valence-electron chi connectivity index (χ3n) is 6.30. The molecular formula is C23H27N3O4. The number of benzene rings is 1. The van der Waals surface area contributed by atoms with Crippen molar-refractivity contribution >= 4 is 29.1 Å². The van der Waals surface area contributed by atoms with Crippen LogP contribution in [0.15, 0.2) is 30.3 Å². The summed E-state index contributed by atoms with van der Waals surface area (Å²) in [7, 11) is 1.50. The summed E-state index contributed by atoms with van der Waals surface area (Å²) >= 11 is 0. The van der Waals surface area contributed by atoms with Crippen LogP contribution in [0.1, 0.15) is 61.4 Å². The van der Waals surface area contributed by atoms with Gasteiger partial charge in [0.15, 0.2) is 5.78 Å². The van der Waals surface area contributed by atoms with Crippen LogP contribution in [0.5, 0.6) is 5.75 Å². The number of hydrogen-bond donors (Lipinski definition) is 2. The molecule has 0 radical (unpaired) electrons. The lowest BCUT2D eigenvalue weighted by atomic mass is 9.87. The zero-order chi connectivity index (χ0) is 21.4. The maximum atomic E-state index is 12.9. The Balaban J connectivity index is 1.71. The van der Waals surface area contributed by atoms with Crippen molar-refractivity contribution in [3.8, 4) is 5.75 Å². The van der Waals surface area contributed by atoms with Gasteiger partial charge in [-0.15, -0.1) is 0 Å². The Bertz CT molecular complexity index is 984.